The molecule has 0 nitrogen and oxygen atoms in total. The number of thiophene rings is 2. The van der Waals surface area contributed by atoms with Crippen molar-refractivity contribution in [1.29, 1.82) is 0 Å². The van der Waals surface area contributed by atoms with E-state index in [4.69, 9.17) is 0 Å². The van der Waals surface area contributed by atoms with Crippen molar-refractivity contribution >= 4 is 32.1 Å². The van der Waals surface area contributed by atoms with Crippen molar-refractivity contribution in [3.05, 3.63) is 47.8 Å². The average Bonchev–Trinajstić information content (AvgIpc) is 2.78. The van der Waals surface area contributed by atoms with Crippen LogP contribution in [0.15, 0.2) is 47.8 Å². The van der Waals surface area contributed by atoms with Gasteiger partial charge in [0.15, 0.2) is 0 Å². The molecule has 68 valence electrons. The van der Waals surface area contributed by atoms with E-state index >= 15 is 0 Å². The maximum Gasteiger partial charge on any atom is 0.0871 e. The Morgan fingerprint density at radius 1 is 0.929 bits per heavy atom. The summed E-state index contributed by atoms with van der Waals surface area (Å²) in [6.45, 7) is 0. The smallest absolute Gasteiger partial charge is 0.0871 e. The largest absolute Gasteiger partial charge is 0.133 e. The molecule has 2 aromatic heterocycles. The molecule has 0 unspecified atom stereocenters. The summed E-state index contributed by atoms with van der Waals surface area (Å²) in [5.41, 5.74) is 1.32. The summed E-state index contributed by atoms with van der Waals surface area (Å²) in [6, 6.07) is 15.0. The Morgan fingerprint density at radius 2 is 1.79 bits per heavy atom. The molecule has 2 heteroatoms. The monoisotopic (exact) mass is 216 g/mol. The fourth-order valence-corrected chi connectivity index (χ4v) is 3.62. The highest BCUT2D eigenvalue weighted by atomic mass is 32.2. The van der Waals surface area contributed by atoms with E-state index in [-0.39, 0.29) is 0 Å². The number of rotatable bonds is 1. The summed E-state index contributed by atoms with van der Waals surface area (Å²) >= 11 is 3.70. The topological polar surface area (TPSA) is 0 Å². The molecule has 0 N–H and O–H groups in total. The van der Waals surface area contributed by atoms with Crippen LogP contribution in [-0.4, -0.2) is 0 Å². The molecule has 0 spiro atoms. The zero-order chi connectivity index (χ0) is 9.38. The molecule has 0 aliphatic carbocycles. The minimum absolute atomic E-state index is 1.32. The number of hydrogen-bond donors (Lipinski definition) is 0. The molecule has 0 aliphatic heterocycles. The van der Waals surface area contributed by atoms with Crippen LogP contribution < -0.4 is 0 Å². The normalized spacial score (nSPS) is 10.9. The van der Waals surface area contributed by atoms with Gasteiger partial charge in [0.1, 0.15) is 0 Å². The van der Waals surface area contributed by atoms with E-state index in [1.54, 1.807) is 0 Å². The van der Waals surface area contributed by atoms with E-state index in [0.717, 1.165) is 0 Å². The lowest BCUT2D eigenvalue weighted by Crippen LogP contribution is -1.67. The number of fused-ring (bicyclic) bond motifs is 1. The molecule has 3 rings (SSSR count). The molecular weight excluding hydrogens is 208 g/mol. The standard InChI is InChI=1S/C12H8S2/c1-2-4-9(5-3-1)11-8-10-6-7-13-12(10)14-11/h1-8H. The second kappa shape index (κ2) is 3.23. The van der Waals surface area contributed by atoms with Crippen molar-refractivity contribution < 1.29 is 0 Å². The van der Waals surface area contributed by atoms with Crippen molar-refractivity contribution in [2.75, 3.05) is 0 Å². The van der Waals surface area contributed by atoms with Crippen LogP contribution in [0, 0.1) is 0 Å². The Kier molecular flexibility index (Phi) is 1.89. The molecule has 0 aliphatic rings. The van der Waals surface area contributed by atoms with Crippen LogP contribution in [0.3, 0.4) is 0 Å². The Hall–Kier alpha value is -1.12. The van der Waals surface area contributed by atoms with Gasteiger partial charge in [-0.25, -0.2) is 0 Å². The third kappa shape index (κ3) is 1.27. The minimum Gasteiger partial charge on any atom is -0.133 e. The molecule has 0 bridgehead atoms. The van der Waals surface area contributed by atoms with Gasteiger partial charge in [-0.05, 0) is 23.1 Å². The second-order valence-corrected chi connectivity index (χ2v) is 5.37. The summed E-state index contributed by atoms with van der Waals surface area (Å²) in [7, 11) is 0. The van der Waals surface area contributed by atoms with Crippen LogP contribution in [-0.2, 0) is 0 Å². The highest BCUT2D eigenvalue weighted by molar-refractivity contribution is 7.39. The van der Waals surface area contributed by atoms with Gasteiger partial charge in [0, 0.05) is 10.3 Å². The molecule has 0 radical (unpaired) electrons. The van der Waals surface area contributed by atoms with Crippen LogP contribution in [0.1, 0.15) is 0 Å². The van der Waals surface area contributed by atoms with Gasteiger partial charge in [-0.15, -0.1) is 22.7 Å². The van der Waals surface area contributed by atoms with Crippen LogP contribution in [0.2, 0.25) is 0 Å². The first-order chi connectivity index (χ1) is 6.93. The molecule has 0 amide bonds. The fourth-order valence-electron chi connectivity index (χ4n) is 1.51. The van der Waals surface area contributed by atoms with Crippen LogP contribution in [0.5, 0.6) is 0 Å². The van der Waals surface area contributed by atoms with E-state index in [0.29, 0.717) is 0 Å². The summed E-state index contributed by atoms with van der Waals surface area (Å²) < 4.78 is 1.42. The fraction of sp³-hybridized carbons (Fsp3) is 0. The third-order valence-electron chi connectivity index (χ3n) is 2.21. The lowest BCUT2D eigenvalue weighted by molar-refractivity contribution is 1.70. The quantitative estimate of drug-likeness (QED) is 0.556. The molecule has 0 fully saturated rings. The summed E-state index contributed by atoms with van der Waals surface area (Å²) in [5.74, 6) is 0. The van der Waals surface area contributed by atoms with Gasteiger partial charge in [0.25, 0.3) is 0 Å². The molecule has 0 saturated heterocycles. The molecule has 1 aromatic carbocycles. The lowest BCUT2D eigenvalue weighted by Gasteiger charge is -1.93. The van der Waals surface area contributed by atoms with Gasteiger partial charge in [0.2, 0.25) is 0 Å². The van der Waals surface area contributed by atoms with Crippen molar-refractivity contribution in [2.45, 2.75) is 0 Å². The molecule has 0 atom stereocenters. The second-order valence-electron chi connectivity index (χ2n) is 3.14. The average molecular weight is 216 g/mol. The highest BCUT2D eigenvalue weighted by Crippen LogP contribution is 2.36. The van der Waals surface area contributed by atoms with Gasteiger partial charge < -0.3 is 0 Å². The van der Waals surface area contributed by atoms with E-state index in [1.165, 1.54) is 19.8 Å². The van der Waals surface area contributed by atoms with Gasteiger partial charge in [-0.1, -0.05) is 30.3 Å². The molecule has 0 saturated carbocycles. The van der Waals surface area contributed by atoms with Crippen LogP contribution in [0.25, 0.3) is 19.8 Å². The molecule has 2 heterocycles. The summed E-state index contributed by atoms with van der Waals surface area (Å²) in [4.78, 5) is 1.37. The Morgan fingerprint density at radius 3 is 2.57 bits per heavy atom. The zero-order valence-electron chi connectivity index (χ0n) is 7.44. The first kappa shape index (κ1) is 8.21. The third-order valence-corrected chi connectivity index (χ3v) is 4.46. The van der Waals surface area contributed by atoms with E-state index < -0.39 is 0 Å². The first-order valence-corrected chi connectivity index (χ1v) is 6.15. The van der Waals surface area contributed by atoms with Crippen LogP contribution in [0.4, 0.5) is 0 Å². The SMILES string of the molecule is c1ccc(-c2cc3ccsc3s2)cc1. The van der Waals surface area contributed by atoms with Crippen molar-refractivity contribution in [2.24, 2.45) is 0 Å². The maximum atomic E-state index is 2.27. The van der Waals surface area contributed by atoms with Crippen LogP contribution >= 0.6 is 22.7 Å². The molecule has 14 heavy (non-hydrogen) atoms. The number of benzene rings is 1. The lowest BCUT2D eigenvalue weighted by atomic mass is 10.2. The highest BCUT2D eigenvalue weighted by Gasteiger charge is 2.03. The van der Waals surface area contributed by atoms with Crippen molar-refractivity contribution in [3.63, 3.8) is 0 Å². The molecular formula is C12H8S2. The zero-order valence-corrected chi connectivity index (χ0v) is 9.07. The maximum absolute atomic E-state index is 2.27. The van der Waals surface area contributed by atoms with E-state index in [9.17, 15) is 0 Å². The van der Waals surface area contributed by atoms with E-state index in [1.807, 2.05) is 22.7 Å². The van der Waals surface area contributed by atoms with Gasteiger partial charge in [0.05, 0.1) is 4.01 Å². The Labute approximate surface area is 90.5 Å². The van der Waals surface area contributed by atoms with Gasteiger partial charge in [-0.2, -0.15) is 0 Å². The van der Waals surface area contributed by atoms with Gasteiger partial charge >= 0.3 is 0 Å². The Balaban J connectivity index is 2.19. The van der Waals surface area contributed by atoms with Crippen molar-refractivity contribution in [3.8, 4) is 10.4 Å². The van der Waals surface area contributed by atoms with E-state index in [2.05, 4.69) is 47.8 Å². The van der Waals surface area contributed by atoms with Gasteiger partial charge in [-0.3, -0.25) is 0 Å². The predicted octanol–water partition coefficient (Wildman–Crippen LogP) is 4.63. The minimum atomic E-state index is 1.32. The summed E-state index contributed by atoms with van der Waals surface area (Å²) in [5, 5.41) is 3.52. The Bertz CT molecular complexity index is 517. The van der Waals surface area contributed by atoms with Crippen molar-refractivity contribution in [1.82, 2.24) is 0 Å². The molecule has 3 aromatic rings. The number of hydrogen-bond acceptors (Lipinski definition) is 2. The predicted molar refractivity (Wildman–Crippen MR) is 65.1 cm³/mol. The first-order valence-electron chi connectivity index (χ1n) is 4.46. The summed E-state index contributed by atoms with van der Waals surface area (Å²) in [6.07, 6.45) is 0.